The van der Waals surface area contributed by atoms with Crippen molar-refractivity contribution in [2.75, 3.05) is 33.8 Å². The lowest BCUT2D eigenvalue weighted by Gasteiger charge is -2.09. The lowest BCUT2D eigenvalue weighted by Crippen LogP contribution is -3.05. The fraction of sp³-hybridized carbons (Fsp3) is 0.611. The summed E-state index contributed by atoms with van der Waals surface area (Å²) in [5.74, 6) is 0.826. The molecule has 0 saturated heterocycles. The maximum atomic E-state index is 12.0. The summed E-state index contributed by atoms with van der Waals surface area (Å²) in [7, 11) is 4.23. The second kappa shape index (κ2) is 11.1. The molecule has 0 fully saturated rings. The first-order valence-corrected chi connectivity index (χ1v) is 8.43. The number of carbonyl (C=O) groups excluding carboxylic acids is 1. The third kappa shape index (κ3) is 8.03. The van der Waals surface area contributed by atoms with Crippen LogP contribution in [0.25, 0.3) is 0 Å². The fourth-order valence-corrected chi connectivity index (χ4v) is 2.17. The third-order valence-electron chi connectivity index (χ3n) is 3.52. The minimum Gasteiger partial charge on any atom is -0.494 e. The zero-order valence-electron chi connectivity index (χ0n) is 14.3. The highest BCUT2D eigenvalue weighted by molar-refractivity contribution is 5.94. The number of carbonyl (C=O) groups is 1. The third-order valence-corrected chi connectivity index (χ3v) is 3.52. The molecule has 1 rings (SSSR count). The van der Waals surface area contributed by atoms with E-state index < -0.39 is 0 Å². The van der Waals surface area contributed by atoms with Crippen molar-refractivity contribution in [3.63, 3.8) is 0 Å². The molecule has 0 aliphatic heterocycles. The van der Waals surface area contributed by atoms with Gasteiger partial charge in [-0.2, -0.15) is 0 Å². The first-order chi connectivity index (χ1) is 10.6. The number of nitrogens with one attached hydrogen (secondary N) is 2. The van der Waals surface area contributed by atoms with Crippen molar-refractivity contribution < 1.29 is 14.4 Å². The standard InChI is InChI=1S/C18H30N2O2/c1-4-5-6-7-15-22-17-11-9-16(10-12-17)18(21)19-13-8-14-20(2)3/h9-12H,4-8,13-15H2,1-3H3,(H,19,21)/p+1. The Balaban J connectivity index is 2.26. The van der Waals surface area contributed by atoms with E-state index >= 15 is 0 Å². The summed E-state index contributed by atoms with van der Waals surface area (Å²) in [5, 5.41) is 2.95. The van der Waals surface area contributed by atoms with E-state index in [2.05, 4.69) is 26.3 Å². The van der Waals surface area contributed by atoms with Crippen LogP contribution in [0, 0.1) is 0 Å². The number of ether oxygens (including phenoxy) is 1. The largest absolute Gasteiger partial charge is 0.494 e. The van der Waals surface area contributed by atoms with Crippen LogP contribution < -0.4 is 15.0 Å². The van der Waals surface area contributed by atoms with Gasteiger partial charge in [-0.15, -0.1) is 0 Å². The Bertz CT molecular complexity index is 416. The molecule has 4 heteroatoms. The zero-order valence-corrected chi connectivity index (χ0v) is 14.3. The summed E-state index contributed by atoms with van der Waals surface area (Å²) >= 11 is 0. The highest BCUT2D eigenvalue weighted by Gasteiger charge is 2.05. The van der Waals surface area contributed by atoms with Crippen LogP contribution in [-0.2, 0) is 0 Å². The van der Waals surface area contributed by atoms with E-state index in [1.807, 2.05) is 24.3 Å². The lowest BCUT2D eigenvalue weighted by molar-refractivity contribution is -0.858. The highest BCUT2D eigenvalue weighted by atomic mass is 16.5. The van der Waals surface area contributed by atoms with Crippen LogP contribution in [-0.4, -0.2) is 39.7 Å². The minimum atomic E-state index is -0.0109. The van der Waals surface area contributed by atoms with Crippen LogP contribution in [0.5, 0.6) is 5.75 Å². The quantitative estimate of drug-likeness (QED) is 0.613. The van der Waals surface area contributed by atoms with E-state index in [9.17, 15) is 4.79 Å². The minimum absolute atomic E-state index is 0.0109. The van der Waals surface area contributed by atoms with E-state index in [-0.39, 0.29) is 5.91 Å². The van der Waals surface area contributed by atoms with Crippen LogP contribution in [0.2, 0.25) is 0 Å². The fourth-order valence-electron chi connectivity index (χ4n) is 2.17. The Kier molecular flexibility index (Phi) is 9.31. The molecule has 0 aliphatic carbocycles. The van der Waals surface area contributed by atoms with Gasteiger partial charge in [0.2, 0.25) is 0 Å². The molecule has 1 aromatic rings. The Labute approximate surface area is 134 Å². The highest BCUT2D eigenvalue weighted by Crippen LogP contribution is 2.13. The van der Waals surface area contributed by atoms with Crippen molar-refractivity contribution in [2.24, 2.45) is 0 Å². The molecular formula is C18H31N2O2+. The van der Waals surface area contributed by atoms with Crippen molar-refractivity contribution in [3.8, 4) is 5.75 Å². The Morgan fingerprint density at radius 1 is 1.09 bits per heavy atom. The molecular weight excluding hydrogens is 276 g/mol. The molecule has 0 spiro atoms. The molecule has 1 aromatic carbocycles. The SMILES string of the molecule is CCCCCCOc1ccc(C(=O)NCCC[NH+](C)C)cc1. The van der Waals surface area contributed by atoms with Crippen molar-refractivity contribution in [1.82, 2.24) is 5.32 Å². The van der Waals surface area contributed by atoms with Crippen LogP contribution in [0.1, 0.15) is 49.4 Å². The molecule has 0 aliphatic rings. The molecule has 0 atom stereocenters. The van der Waals surface area contributed by atoms with Gasteiger partial charge in [0.25, 0.3) is 5.91 Å². The van der Waals surface area contributed by atoms with Gasteiger partial charge in [0.15, 0.2) is 0 Å². The van der Waals surface area contributed by atoms with Crippen molar-refractivity contribution in [3.05, 3.63) is 29.8 Å². The van der Waals surface area contributed by atoms with E-state index in [1.54, 1.807) is 0 Å². The van der Waals surface area contributed by atoms with E-state index in [0.717, 1.165) is 38.3 Å². The maximum Gasteiger partial charge on any atom is 0.251 e. The average Bonchev–Trinajstić information content (AvgIpc) is 2.51. The molecule has 2 N–H and O–H groups in total. The smallest absolute Gasteiger partial charge is 0.251 e. The van der Waals surface area contributed by atoms with Gasteiger partial charge in [0, 0.05) is 18.5 Å². The normalized spacial score (nSPS) is 10.7. The van der Waals surface area contributed by atoms with Gasteiger partial charge in [-0.3, -0.25) is 4.79 Å². The van der Waals surface area contributed by atoms with Crippen molar-refractivity contribution in [2.45, 2.75) is 39.0 Å². The van der Waals surface area contributed by atoms with E-state index in [0.29, 0.717) is 5.56 Å². The number of amides is 1. The number of quaternary nitrogens is 1. The van der Waals surface area contributed by atoms with Crippen LogP contribution in [0.3, 0.4) is 0 Å². The van der Waals surface area contributed by atoms with Crippen LogP contribution in [0.4, 0.5) is 0 Å². The summed E-state index contributed by atoms with van der Waals surface area (Å²) in [6.07, 6.45) is 5.79. The predicted octanol–water partition coefficient (Wildman–Crippen LogP) is 1.91. The predicted molar refractivity (Wildman–Crippen MR) is 90.7 cm³/mol. The molecule has 0 heterocycles. The van der Waals surface area contributed by atoms with Crippen molar-refractivity contribution in [1.29, 1.82) is 0 Å². The average molecular weight is 307 g/mol. The van der Waals surface area contributed by atoms with Gasteiger partial charge in [-0.1, -0.05) is 26.2 Å². The summed E-state index contributed by atoms with van der Waals surface area (Å²) < 4.78 is 5.68. The van der Waals surface area contributed by atoms with Gasteiger partial charge in [0.05, 0.1) is 27.2 Å². The van der Waals surface area contributed by atoms with Gasteiger partial charge in [-0.25, -0.2) is 0 Å². The second-order valence-corrected chi connectivity index (χ2v) is 6.00. The lowest BCUT2D eigenvalue weighted by atomic mass is 10.2. The molecule has 124 valence electrons. The number of rotatable bonds is 11. The summed E-state index contributed by atoms with van der Waals surface area (Å²) in [5.41, 5.74) is 0.690. The Morgan fingerprint density at radius 3 is 2.45 bits per heavy atom. The monoisotopic (exact) mass is 307 g/mol. The van der Waals surface area contributed by atoms with Crippen molar-refractivity contribution >= 4 is 5.91 Å². The molecule has 0 bridgehead atoms. The van der Waals surface area contributed by atoms with Gasteiger partial charge < -0.3 is 15.0 Å². The molecule has 0 saturated carbocycles. The van der Waals surface area contributed by atoms with Gasteiger partial charge in [0.1, 0.15) is 5.75 Å². The topological polar surface area (TPSA) is 42.8 Å². The Morgan fingerprint density at radius 2 is 1.82 bits per heavy atom. The first kappa shape index (κ1) is 18.5. The number of hydrogen-bond donors (Lipinski definition) is 2. The number of benzene rings is 1. The van der Waals surface area contributed by atoms with E-state index in [4.69, 9.17) is 4.74 Å². The second-order valence-electron chi connectivity index (χ2n) is 6.00. The molecule has 0 unspecified atom stereocenters. The summed E-state index contributed by atoms with van der Waals surface area (Å²) in [4.78, 5) is 13.4. The van der Waals surface area contributed by atoms with Gasteiger partial charge >= 0.3 is 0 Å². The maximum absolute atomic E-state index is 12.0. The zero-order chi connectivity index (χ0) is 16.2. The first-order valence-electron chi connectivity index (χ1n) is 8.43. The molecule has 0 radical (unpaired) electrons. The summed E-state index contributed by atoms with van der Waals surface area (Å²) in [6, 6.07) is 7.40. The Hall–Kier alpha value is -1.55. The number of hydrogen-bond acceptors (Lipinski definition) is 2. The molecule has 4 nitrogen and oxygen atoms in total. The summed E-state index contributed by atoms with van der Waals surface area (Å²) in [6.45, 7) is 4.73. The van der Waals surface area contributed by atoms with Crippen LogP contribution in [0.15, 0.2) is 24.3 Å². The van der Waals surface area contributed by atoms with Crippen LogP contribution >= 0.6 is 0 Å². The molecule has 0 aromatic heterocycles. The molecule has 1 amide bonds. The van der Waals surface area contributed by atoms with E-state index in [1.165, 1.54) is 24.2 Å². The number of unbranched alkanes of at least 4 members (excludes halogenated alkanes) is 3. The van der Waals surface area contributed by atoms with Gasteiger partial charge in [-0.05, 0) is 30.7 Å². The molecule has 22 heavy (non-hydrogen) atoms.